The topological polar surface area (TPSA) is 110 Å². The first-order valence-corrected chi connectivity index (χ1v) is 14.5. The number of rotatable bonds is 10. The van der Waals surface area contributed by atoms with Crippen LogP contribution in [0.1, 0.15) is 63.5 Å². The predicted molar refractivity (Wildman–Crippen MR) is 140 cm³/mol. The maximum Gasteiger partial charge on any atom is 0.427 e. The van der Waals surface area contributed by atoms with Gasteiger partial charge < -0.3 is 14.6 Å². The third kappa shape index (κ3) is 6.37. The second kappa shape index (κ2) is 10.9. The number of aliphatic carboxylic acids is 1. The first kappa shape index (κ1) is 29.7. The van der Waals surface area contributed by atoms with Gasteiger partial charge in [0.2, 0.25) is 5.60 Å². The number of esters is 1. The molecule has 1 saturated carbocycles. The van der Waals surface area contributed by atoms with Gasteiger partial charge in [-0.25, -0.2) is 8.42 Å². The van der Waals surface area contributed by atoms with E-state index in [1.165, 1.54) is 24.3 Å². The summed E-state index contributed by atoms with van der Waals surface area (Å²) in [4.78, 5) is 24.1. The van der Waals surface area contributed by atoms with Gasteiger partial charge in [0, 0.05) is 0 Å². The highest BCUT2D eigenvalue weighted by Crippen LogP contribution is 2.43. The monoisotopic (exact) mass is 583 g/mol. The lowest BCUT2D eigenvalue weighted by atomic mass is 9.98. The standard InChI is InChI=1S/C28H32F3NO7S/c1-4-18(26(34)35)14-21-16-32(40(36,37)22-7-5-6-20(15-22)19-9-10-19)23-12-17(8-11-24(23)38-21)13-25(33)39-27(2,3)28(29,30)31/h5-8,11-12,15,18-19,21H,4,9-10,13-14,16H2,1-3H3,(H,34,35)/t18-,21-/m0/s1. The first-order chi connectivity index (χ1) is 18.6. The molecule has 12 heteroatoms. The lowest BCUT2D eigenvalue weighted by Crippen LogP contribution is -2.45. The van der Waals surface area contributed by atoms with Crippen molar-refractivity contribution in [2.24, 2.45) is 5.92 Å². The molecule has 218 valence electrons. The number of nitrogens with zero attached hydrogens (tertiary/aromatic N) is 1. The number of ether oxygens (including phenoxy) is 2. The van der Waals surface area contributed by atoms with Crippen LogP contribution >= 0.6 is 0 Å². The van der Waals surface area contributed by atoms with Gasteiger partial charge in [0.05, 0.1) is 29.5 Å². The average Bonchev–Trinajstić information content (AvgIpc) is 3.71. The van der Waals surface area contributed by atoms with Crippen LogP contribution in [0.25, 0.3) is 0 Å². The molecular formula is C28H32F3NO7S. The SMILES string of the molecule is CC[C@@H](C[C@H]1CN(S(=O)(=O)c2cccc(C3CC3)c2)c2cc(CC(=O)OC(C)(C)C(F)(F)F)ccc2O1)C(=O)O. The summed E-state index contributed by atoms with van der Waals surface area (Å²) in [7, 11) is -4.15. The van der Waals surface area contributed by atoms with Crippen LogP contribution in [0.15, 0.2) is 47.4 Å². The molecule has 1 N–H and O–H groups in total. The van der Waals surface area contributed by atoms with Gasteiger partial charge in [-0.15, -0.1) is 0 Å². The third-order valence-electron chi connectivity index (χ3n) is 7.24. The molecule has 40 heavy (non-hydrogen) atoms. The lowest BCUT2D eigenvalue weighted by molar-refractivity contribution is -0.257. The molecule has 0 aromatic heterocycles. The van der Waals surface area contributed by atoms with E-state index in [1.54, 1.807) is 19.1 Å². The Hall–Kier alpha value is -3.28. The highest BCUT2D eigenvalue weighted by Gasteiger charge is 2.50. The quantitative estimate of drug-likeness (QED) is 0.371. The van der Waals surface area contributed by atoms with Crippen LogP contribution in [-0.2, 0) is 30.8 Å². The lowest BCUT2D eigenvalue weighted by Gasteiger charge is -2.36. The Kier molecular flexibility index (Phi) is 8.13. The van der Waals surface area contributed by atoms with Gasteiger partial charge in [-0.05, 0) is 80.8 Å². The first-order valence-electron chi connectivity index (χ1n) is 13.1. The molecule has 4 rings (SSSR count). The summed E-state index contributed by atoms with van der Waals surface area (Å²) in [5.74, 6) is -2.43. The Balaban J connectivity index is 1.68. The number of hydrogen-bond acceptors (Lipinski definition) is 6. The number of alkyl halides is 3. The molecular weight excluding hydrogens is 551 g/mol. The number of hydrogen-bond donors (Lipinski definition) is 1. The van der Waals surface area contributed by atoms with Gasteiger partial charge in [0.25, 0.3) is 10.0 Å². The fourth-order valence-corrected chi connectivity index (χ4v) is 6.15. The van der Waals surface area contributed by atoms with E-state index in [0.717, 1.165) is 36.6 Å². The fraction of sp³-hybridized carbons (Fsp3) is 0.500. The fourth-order valence-electron chi connectivity index (χ4n) is 4.60. The molecule has 0 bridgehead atoms. The van der Waals surface area contributed by atoms with Crippen molar-refractivity contribution in [1.82, 2.24) is 0 Å². The van der Waals surface area contributed by atoms with Gasteiger partial charge in [0.1, 0.15) is 11.9 Å². The van der Waals surface area contributed by atoms with Crippen molar-refractivity contribution >= 4 is 27.6 Å². The maximum absolute atomic E-state index is 13.9. The molecule has 0 spiro atoms. The molecule has 2 aromatic carbocycles. The molecule has 2 aromatic rings. The van der Waals surface area contributed by atoms with Crippen molar-refractivity contribution in [2.75, 3.05) is 10.8 Å². The third-order valence-corrected chi connectivity index (χ3v) is 9.02. The Labute approximate surface area is 231 Å². The molecule has 8 nitrogen and oxygen atoms in total. The minimum Gasteiger partial charge on any atom is -0.486 e. The number of sulfonamides is 1. The van der Waals surface area contributed by atoms with E-state index in [9.17, 15) is 36.3 Å². The smallest absolute Gasteiger partial charge is 0.427 e. The van der Waals surface area contributed by atoms with Gasteiger partial charge in [-0.1, -0.05) is 25.1 Å². The van der Waals surface area contributed by atoms with E-state index in [0.29, 0.717) is 12.3 Å². The van der Waals surface area contributed by atoms with Crippen LogP contribution in [-0.4, -0.2) is 49.9 Å². The van der Waals surface area contributed by atoms with E-state index < -0.39 is 52.2 Å². The average molecular weight is 584 g/mol. The van der Waals surface area contributed by atoms with Crippen LogP contribution in [0.4, 0.5) is 18.9 Å². The predicted octanol–water partition coefficient (Wildman–Crippen LogP) is 5.45. The molecule has 1 heterocycles. The Morgan fingerprint density at radius 2 is 1.85 bits per heavy atom. The van der Waals surface area contributed by atoms with E-state index >= 15 is 0 Å². The molecule has 1 aliphatic heterocycles. The molecule has 2 aliphatic rings. The minimum absolute atomic E-state index is 0.0607. The summed E-state index contributed by atoms with van der Waals surface area (Å²) in [5, 5.41) is 9.54. The van der Waals surface area contributed by atoms with Crippen LogP contribution in [0.3, 0.4) is 0 Å². The van der Waals surface area contributed by atoms with Gasteiger partial charge in [0.15, 0.2) is 0 Å². The second-order valence-corrected chi connectivity index (χ2v) is 12.6. The summed E-state index contributed by atoms with van der Waals surface area (Å²) in [6.45, 7) is 3.04. The summed E-state index contributed by atoms with van der Waals surface area (Å²) < 4.78 is 79.2. The van der Waals surface area contributed by atoms with Crippen molar-refractivity contribution in [2.45, 2.75) is 81.6 Å². The molecule has 0 radical (unpaired) electrons. The second-order valence-electron chi connectivity index (χ2n) is 10.8. The molecule has 1 fully saturated rings. The number of halogens is 3. The zero-order chi connectivity index (χ0) is 29.5. The number of carbonyl (C=O) groups is 2. The molecule has 0 amide bonds. The van der Waals surface area contributed by atoms with E-state index in [-0.39, 0.29) is 34.9 Å². The Morgan fingerprint density at radius 1 is 1.15 bits per heavy atom. The number of carboxylic acid groups (broad SMARTS) is 1. The molecule has 0 unspecified atom stereocenters. The number of anilines is 1. The van der Waals surface area contributed by atoms with Gasteiger partial charge in [-0.3, -0.25) is 13.9 Å². The summed E-state index contributed by atoms with van der Waals surface area (Å²) in [6.07, 6.45) is -3.72. The summed E-state index contributed by atoms with van der Waals surface area (Å²) in [5.41, 5.74) is -1.45. The molecule has 0 saturated heterocycles. The normalized spacial score (nSPS) is 18.4. The maximum atomic E-state index is 13.9. The zero-order valence-electron chi connectivity index (χ0n) is 22.4. The molecule has 1 aliphatic carbocycles. The van der Waals surface area contributed by atoms with Crippen molar-refractivity contribution in [3.8, 4) is 5.75 Å². The van der Waals surface area contributed by atoms with Crippen molar-refractivity contribution in [3.63, 3.8) is 0 Å². The largest absolute Gasteiger partial charge is 0.486 e. The minimum atomic E-state index is -4.77. The highest BCUT2D eigenvalue weighted by atomic mass is 32.2. The highest BCUT2D eigenvalue weighted by molar-refractivity contribution is 7.92. The van der Waals surface area contributed by atoms with Crippen molar-refractivity contribution in [3.05, 3.63) is 53.6 Å². The van der Waals surface area contributed by atoms with E-state index in [2.05, 4.69) is 4.74 Å². The van der Waals surface area contributed by atoms with Gasteiger partial charge >= 0.3 is 18.1 Å². The number of benzene rings is 2. The van der Waals surface area contributed by atoms with Crippen LogP contribution in [0, 0.1) is 5.92 Å². The Bertz CT molecular complexity index is 1390. The van der Waals surface area contributed by atoms with Crippen LogP contribution in [0.5, 0.6) is 5.75 Å². The zero-order valence-corrected chi connectivity index (χ0v) is 23.2. The van der Waals surface area contributed by atoms with Crippen molar-refractivity contribution < 1.29 is 45.8 Å². The van der Waals surface area contributed by atoms with Crippen LogP contribution in [0.2, 0.25) is 0 Å². The summed E-state index contributed by atoms with van der Waals surface area (Å²) in [6, 6.07) is 10.9. The van der Waals surface area contributed by atoms with Crippen molar-refractivity contribution in [1.29, 1.82) is 0 Å². The number of fused-ring (bicyclic) bond motifs is 1. The Morgan fingerprint density at radius 3 is 2.45 bits per heavy atom. The van der Waals surface area contributed by atoms with E-state index in [4.69, 9.17) is 4.74 Å². The summed E-state index contributed by atoms with van der Waals surface area (Å²) >= 11 is 0. The number of carbonyl (C=O) groups excluding carboxylic acids is 1. The number of carboxylic acids is 1. The van der Waals surface area contributed by atoms with Crippen LogP contribution < -0.4 is 9.04 Å². The van der Waals surface area contributed by atoms with E-state index in [1.807, 2.05) is 6.07 Å². The van der Waals surface area contributed by atoms with Gasteiger partial charge in [-0.2, -0.15) is 13.2 Å². The molecule has 2 atom stereocenters.